The summed E-state index contributed by atoms with van der Waals surface area (Å²) in [5.41, 5.74) is -0.213. The molecule has 2 heterocycles. The van der Waals surface area contributed by atoms with Gasteiger partial charge in [0.2, 0.25) is 17.3 Å². The molecule has 2 unspecified atom stereocenters. The van der Waals surface area contributed by atoms with E-state index in [-0.39, 0.29) is 46.3 Å². The zero-order valence-electron chi connectivity index (χ0n) is 27.2. The van der Waals surface area contributed by atoms with Crippen LogP contribution in [0.4, 0.5) is 11.4 Å². The Bertz CT molecular complexity index is 1400. The Morgan fingerprint density at radius 1 is 1.12 bits per heavy atom. The highest BCUT2D eigenvalue weighted by Gasteiger charge is 2.44. The number of aliphatic hydroxyl groups is 2. The number of benzene rings is 1. The van der Waals surface area contributed by atoms with E-state index in [0.717, 1.165) is 17.3 Å². The normalized spacial score (nSPS) is 21.1. The number of hydrogen-bond acceptors (Lipinski definition) is 8. The highest BCUT2D eigenvalue weighted by Crippen LogP contribution is 2.51. The van der Waals surface area contributed by atoms with Crippen molar-refractivity contribution in [2.24, 2.45) is 15.6 Å². The molecule has 2 aliphatic rings. The van der Waals surface area contributed by atoms with E-state index in [4.69, 9.17) is 5.11 Å². The fraction of sp³-hybridized carbons (Fsp3) is 0.655. The molecule has 12 nitrogen and oxygen atoms in total. The standard InChI is InChI=1S/C24H37N4O6PS.C5H14NO/c1-23(2,3)10-11-28-20(24(4,5)6)19(30)18(22(28)31)21-25-16-9-8-15(27-36(7,33)34)14-17(16)35(32,26-21)13-12-29;1-6(2,3)4-5-7/h8-9,14,20,27,29-30H,10-13H2,1-7H3,(H,25,26,32);7H,4-5H2,1-3H3/q;+1/p-1. The van der Waals surface area contributed by atoms with E-state index < -0.39 is 41.3 Å². The Balaban J connectivity index is 0.000000821. The lowest BCUT2D eigenvalue weighted by atomic mass is 9.84. The summed E-state index contributed by atoms with van der Waals surface area (Å²) in [6.07, 6.45) is 1.46. The second-order valence-electron chi connectivity index (χ2n) is 14.4. The second-order valence-corrected chi connectivity index (χ2v) is 18.7. The molecule has 0 aromatic heterocycles. The average molecular weight is 644 g/mol. The molecule has 0 aliphatic carbocycles. The minimum atomic E-state index is -3.68. The maximum Gasteiger partial charge on any atom is 0.257 e. The molecule has 4 N–H and O–H groups in total. The number of nitrogens with one attached hydrogen (secondary N) is 2. The highest BCUT2D eigenvalue weighted by atomic mass is 32.2. The summed E-state index contributed by atoms with van der Waals surface area (Å²) in [5.74, 6) is -0.933. The van der Waals surface area contributed by atoms with Crippen molar-refractivity contribution in [1.82, 2.24) is 4.90 Å². The van der Waals surface area contributed by atoms with Crippen LogP contribution in [-0.2, 0) is 19.4 Å². The number of quaternary nitrogens is 1. The molecule has 1 aromatic rings. The predicted octanol–water partition coefficient (Wildman–Crippen LogP) is 1.77. The van der Waals surface area contributed by atoms with Gasteiger partial charge < -0.3 is 30.0 Å². The first-order chi connectivity index (χ1) is 19.4. The maximum atomic E-state index is 14.0. The Morgan fingerprint density at radius 3 is 2.16 bits per heavy atom. The number of nitrogens with zero attached hydrogens (tertiary/aromatic N) is 3. The Kier molecular flexibility index (Phi) is 11.3. The number of anilines is 2. The third-order valence-corrected chi connectivity index (χ3v) is 9.87. The van der Waals surface area contributed by atoms with Crippen LogP contribution in [0.15, 0.2) is 34.3 Å². The van der Waals surface area contributed by atoms with Crippen LogP contribution in [0.25, 0.3) is 0 Å². The molecule has 2 atom stereocenters. The monoisotopic (exact) mass is 643 g/mol. The van der Waals surface area contributed by atoms with E-state index in [1.54, 1.807) is 4.90 Å². The van der Waals surface area contributed by atoms with Crippen molar-refractivity contribution in [3.05, 3.63) is 29.5 Å². The van der Waals surface area contributed by atoms with Crippen molar-refractivity contribution in [3.63, 3.8) is 0 Å². The first-order valence-electron chi connectivity index (χ1n) is 14.3. The predicted molar refractivity (Wildman–Crippen MR) is 171 cm³/mol. The number of amidine groups is 1. The van der Waals surface area contributed by atoms with Crippen molar-refractivity contribution in [1.29, 1.82) is 0 Å². The van der Waals surface area contributed by atoms with E-state index in [1.165, 1.54) is 18.2 Å². The largest absolute Gasteiger partial charge is 0.873 e. The maximum absolute atomic E-state index is 14.0. The Labute approximate surface area is 257 Å². The van der Waals surface area contributed by atoms with Crippen molar-refractivity contribution in [2.45, 2.75) is 54.0 Å². The zero-order valence-corrected chi connectivity index (χ0v) is 28.9. The van der Waals surface area contributed by atoms with Gasteiger partial charge in [-0.3, -0.25) is 14.1 Å². The molecule has 1 aromatic carbocycles. The smallest absolute Gasteiger partial charge is 0.257 e. The minimum Gasteiger partial charge on any atom is -0.873 e. The molecule has 244 valence electrons. The van der Waals surface area contributed by atoms with Crippen LogP contribution in [0.5, 0.6) is 0 Å². The molecular formula is C29H50N5O7PS. The zero-order chi connectivity index (χ0) is 33.2. The van der Waals surface area contributed by atoms with Gasteiger partial charge in [-0.05, 0) is 35.4 Å². The summed E-state index contributed by atoms with van der Waals surface area (Å²) in [6, 6.07) is 3.70. The van der Waals surface area contributed by atoms with Crippen LogP contribution in [0.1, 0.15) is 48.0 Å². The highest BCUT2D eigenvalue weighted by molar-refractivity contribution is 7.92. The van der Waals surface area contributed by atoms with Crippen LogP contribution in [0.2, 0.25) is 0 Å². The van der Waals surface area contributed by atoms with Gasteiger partial charge >= 0.3 is 0 Å². The summed E-state index contributed by atoms with van der Waals surface area (Å²) in [6.45, 7) is 12.9. The molecule has 0 saturated carbocycles. The van der Waals surface area contributed by atoms with Crippen LogP contribution in [0, 0.1) is 10.8 Å². The number of fused-ring (bicyclic) bond motifs is 1. The third-order valence-electron chi connectivity index (χ3n) is 6.81. The Hall–Kier alpha value is -2.44. The topological polar surface area (TPSA) is 171 Å². The number of carbonyl (C=O) groups is 1. The van der Waals surface area contributed by atoms with E-state index in [9.17, 15) is 28.0 Å². The van der Waals surface area contributed by atoms with E-state index in [0.29, 0.717) is 18.7 Å². The van der Waals surface area contributed by atoms with Crippen LogP contribution >= 0.6 is 7.29 Å². The van der Waals surface area contributed by atoms with Crippen LogP contribution in [0.3, 0.4) is 0 Å². The molecule has 0 spiro atoms. The van der Waals surface area contributed by atoms with Crippen molar-refractivity contribution < 1.29 is 37.6 Å². The summed E-state index contributed by atoms with van der Waals surface area (Å²) >= 11 is 0. The first kappa shape index (κ1) is 36.8. The molecule has 1 amide bonds. The van der Waals surface area contributed by atoms with Crippen LogP contribution < -0.4 is 20.4 Å². The van der Waals surface area contributed by atoms with Gasteiger partial charge in [-0.15, -0.1) is 0 Å². The quantitative estimate of drug-likeness (QED) is 0.233. The number of likely N-dealkylation sites (N-methyl/N-ethyl adjacent to an activating group) is 1. The molecule has 0 saturated heterocycles. The van der Waals surface area contributed by atoms with E-state index in [2.05, 4.69) is 56.7 Å². The number of rotatable bonds is 9. The van der Waals surface area contributed by atoms with Gasteiger partial charge in [-0.2, -0.15) is 0 Å². The molecule has 2 aliphatic heterocycles. The van der Waals surface area contributed by atoms with Gasteiger partial charge in [-0.1, -0.05) is 47.3 Å². The van der Waals surface area contributed by atoms with Gasteiger partial charge in [0.15, 0.2) is 0 Å². The molecule has 43 heavy (non-hydrogen) atoms. The average Bonchev–Trinajstić information content (AvgIpc) is 3.06. The van der Waals surface area contributed by atoms with Gasteiger partial charge in [0, 0.05) is 24.4 Å². The minimum absolute atomic E-state index is 0.0530. The summed E-state index contributed by atoms with van der Waals surface area (Å²) in [5, 5.41) is 34.9. The van der Waals surface area contributed by atoms with Crippen molar-refractivity contribution in [3.8, 4) is 0 Å². The summed E-state index contributed by atoms with van der Waals surface area (Å²) in [7, 11) is -1.11. The van der Waals surface area contributed by atoms with Crippen molar-refractivity contribution in [2.75, 3.05) is 69.9 Å². The van der Waals surface area contributed by atoms with E-state index in [1.807, 2.05) is 20.8 Å². The lowest BCUT2D eigenvalue weighted by Gasteiger charge is -2.40. The molecule has 0 bridgehead atoms. The second kappa shape index (κ2) is 13.3. The van der Waals surface area contributed by atoms with Gasteiger partial charge in [-0.25, -0.2) is 13.2 Å². The fourth-order valence-corrected chi connectivity index (χ4v) is 7.30. The number of sulfonamides is 1. The van der Waals surface area contributed by atoms with Crippen LogP contribution in [-0.4, -0.2) is 106 Å². The lowest BCUT2D eigenvalue weighted by Crippen LogP contribution is -2.46. The van der Waals surface area contributed by atoms with Gasteiger partial charge in [0.05, 0.1) is 57.2 Å². The summed E-state index contributed by atoms with van der Waals surface area (Å²) in [4.78, 5) is 15.2. The molecule has 0 fully saturated rings. The number of carbonyl (C=O) groups excluding carboxylic acids is 1. The molecule has 0 radical (unpaired) electrons. The van der Waals surface area contributed by atoms with Gasteiger partial charge in [0.1, 0.15) is 12.4 Å². The molecule has 14 heteroatoms. The third kappa shape index (κ3) is 10.0. The lowest BCUT2D eigenvalue weighted by molar-refractivity contribution is -0.870. The SMILES string of the molecule is CC(C)(C)CCN1C(=O)C(C2=NP(=O)(CCO)c3cc(NS(C)(=O)=O)ccc3N2)=C([O-])C1C(C)(C)C.C[N+](C)(C)CCO. The Morgan fingerprint density at radius 2 is 1.72 bits per heavy atom. The van der Waals surface area contributed by atoms with E-state index >= 15 is 0 Å². The summed E-state index contributed by atoms with van der Waals surface area (Å²) < 4.78 is 44.8. The number of hydrogen-bond donors (Lipinski definition) is 4. The fourth-order valence-electron chi connectivity index (χ4n) is 4.70. The van der Waals surface area contributed by atoms with Crippen molar-refractivity contribution >= 4 is 45.7 Å². The molecule has 3 rings (SSSR count). The van der Waals surface area contributed by atoms with Gasteiger partial charge in [0.25, 0.3) is 5.91 Å². The number of aliphatic hydroxyl groups excluding tert-OH is 2. The number of amides is 1. The first-order valence-corrected chi connectivity index (χ1v) is 18.0. The molecular weight excluding hydrogens is 593 g/mol.